The van der Waals surface area contributed by atoms with Crippen LogP contribution in [0.4, 0.5) is 151 Å². The van der Waals surface area contributed by atoms with Crippen LogP contribution in [0.15, 0.2) is 256 Å². The molecule has 0 N–H and O–H groups in total. The molecule has 12 aromatic rings. The van der Waals surface area contributed by atoms with Gasteiger partial charge in [0, 0.05) is 118 Å². The number of hydrogen-bond acceptors (Lipinski definition) is 21. The Balaban J connectivity index is -0.000000250. The third-order valence-electron chi connectivity index (χ3n) is 11.3. The molecule has 0 aromatic carbocycles. The van der Waals surface area contributed by atoms with Gasteiger partial charge in [0.1, 0.15) is 0 Å². The van der Waals surface area contributed by atoms with Crippen molar-refractivity contribution in [3.05, 3.63) is 256 Å². The minimum atomic E-state index is -10.7. The zero-order valence-electron chi connectivity index (χ0n) is 75.1. The fourth-order valence-electron chi connectivity index (χ4n) is 7.68. The maximum atomic E-state index is 9.87. The Labute approximate surface area is 824 Å². The third kappa shape index (κ3) is 123. The van der Waals surface area contributed by atoms with Gasteiger partial charge in [-0.15, -0.1) is 0 Å². The molecule has 0 aliphatic heterocycles. The van der Waals surface area contributed by atoms with Crippen LogP contribution < -0.4 is 0 Å². The molecule has 0 amide bonds. The molecule has 0 saturated carbocycles. The number of ether oxygens (including phenoxy) is 1. The minimum Gasteiger partial charge on any atom is -0.255 e. The summed E-state index contributed by atoms with van der Waals surface area (Å²) in [6.07, 6.45) is 14.2. The zero-order valence-corrected chi connectivity index (χ0v) is 83.0. The van der Waals surface area contributed by atoms with Crippen LogP contribution in [0, 0.1) is 90.6 Å². The topological polar surface area (TPSA) is 354 Å². The van der Waals surface area contributed by atoms with Gasteiger partial charge < -0.3 is 4.74 Å². The molecule has 0 spiro atoms. The average molecular weight is 2310 g/mol. The predicted molar refractivity (Wildman–Crippen MR) is 476 cm³/mol. The Morgan fingerprint density at radius 1 is 0.186 bits per heavy atom. The number of aromatic nitrogens is 12. The summed E-state index contributed by atoms with van der Waals surface area (Å²) in [5, 5.41) is 58.6. The van der Waals surface area contributed by atoms with Gasteiger partial charge in [-0.3, -0.25) is 39.9 Å². The standard InChI is InChI=1S/C30H20N6.2C15H11N3.C4H10O.8C2H3N.2Cr.6F6P/c1-5-13-31-23(9-1)27-17-21(18-28(35-27)24-10-2-6-14-32-24)22-19-29(25-11-3-7-15-33-25)36-30(20-22)26-12-4-8-16-34-26;2*1-3-10-16-12(6-1)14-8-5-9-15(18-14)13-7-2-4-11-17-13;1-3-5-4-2;8*1-2-3;;;6*1-7(2,3,4,5)6/h1-20H;2*1-11H;3-4H2,1-2H3;8*1H3;;;;;;;;/q;;;;;;;;;;;;2*+3;6*-1. The third-order valence-corrected chi connectivity index (χ3v) is 11.3. The zero-order chi connectivity index (χ0) is 113. The molecule has 0 saturated heterocycles. The first-order valence-corrected chi connectivity index (χ1v) is 49.0. The first kappa shape index (κ1) is 147. The molecule has 0 fully saturated rings. The maximum Gasteiger partial charge on any atom is 3.00 e. The van der Waals surface area contributed by atoms with Gasteiger partial charge in [-0.2, -0.15) is 42.1 Å². The Morgan fingerprint density at radius 2 is 0.283 bits per heavy atom. The van der Waals surface area contributed by atoms with Gasteiger partial charge in [0.05, 0.1) is 140 Å². The van der Waals surface area contributed by atoms with Gasteiger partial charge in [0.2, 0.25) is 0 Å². The van der Waals surface area contributed by atoms with E-state index in [2.05, 4.69) is 74.1 Å². The van der Waals surface area contributed by atoms with Crippen molar-refractivity contribution in [1.82, 2.24) is 59.8 Å². The Morgan fingerprint density at radius 3 is 0.372 bits per heavy atom. The number of halogens is 36. The smallest absolute Gasteiger partial charge is 0.255 e. The molecule has 12 heterocycles. The molecule has 0 unspecified atom stereocenters. The molecule has 12 aromatic heterocycles. The number of pyridine rings is 12. The summed E-state index contributed by atoms with van der Waals surface area (Å²) in [6.45, 7) is 17.1. The van der Waals surface area contributed by atoms with Crippen molar-refractivity contribution in [3.63, 3.8) is 0 Å². The van der Waals surface area contributed by atoms with E-state index in [4.69, 9.17) is 56.8 Å². The molecule has 796 valence electrons. The summed E-state index contributed by atoms with van der Waals surface area (Å²) < 4.78 is 360. The minimum absolute atomic E-state index is 0. The van der Waals surface area contributed by atoms with E-state index >= 15 is 0 Å². The molecular weight excluding hydrogens is 2230 g/mol. The summed E-state index contributed by atoms with van der Waals surface area (Å²) in [6, 6.07) is 80.4. The summed E-state index contributed by atoms with van der Waals surface area (Å²) >= 11 is 0. The predicted octanol–water partition coefficient (Wildman–Crippen LogP) is 38.4. The molecule has 12 rings (SSSR count). The van der Waals surface area contributed by atoms with Gasteiger partial charge in [-0.25, -0.2) is 19.9 Å². The number of hydrogen-bond donors (Lipinski definition) is 0. The molecule has 2 radical (unpaired) electrons. The van der Waals surface area contributed by atoms with Crippen LogP contribution in [-0.2, 0) is 39.5 Å². The first-order chi connectivity index (χ1) is 64.1. The van der Waals surface area contributed by atoms with Gasteiger partial charge in [-0.05, 0) is 171 Å². The summed E-state index contributed by atoms with van der Waals surface area (Å²) in [5.41, 5.74) is 15.1. The van der Waals surface area contributed by atoms with E-state index in [1.54, 1.807) is 98.1 Å². The van der Waals surface area contributed by atoms with Crippen LogP contribution in [0.25, 0.3) is 102 Å². The monoisotopic (exact) mass is 2310 g/mol. The summed E-state index contributed by atoms with van der Waals surface area (Å²) in [7, 11) is -63.9. The molecule has 0 atom stereocenters. The molecule has 0 aliphatic rings. The normalized spacial score (nSPS) is 12.6. The fourth-order valence-corrected chi connectivity index (χ4v) is 7.68. The van der Waals surface area contributed by atoms with Crippen LogP contribution in [0.2, 0.25) is 0 Å². The van der Waals surface area contributed by atoms with Crippen molar-refractivity contribution in [2.24, 2.45) is 0 Å². The van der Waals surface area contributed by atoms with Crippen molar-refractivity contribution in [1.29, 1.82) is 42.1 Å². The van der Waals surface area contributed by atoms with Crippen molar-refractivity contribution in [2.45, 2.75) is 69.2 Å². The van der Waals surface area contributed by atoms with Crippen LogP contribution in [0.5, 0.6) is 0 Å². The van der Waals surface area contributed by atoms with Crippen LogP contribution in [0.1, 0.15) is 69.2 Å². The van der Waals surface area contributed by atoms with Gasteiger partial charge in [0.15, 0.2) is 0 Å². The Hall–Kier alpha value is -13.2. The average Bonchev–Trinajstić information content (AvgIpc) is 0.814. The quantitative estimate of drug-likeness (QED) is 0.0857. The second-order valence-corrected chi connectivity index (χ2v) is 35.6. The molecular formula is C80H76Cr2F36N20OP6. The largest absolute Gasteiger partial charge is 3.00 e. The molecule has 0 aliphatic carbocycles. The Kier molecular flexibility index (Phi) is 58.3. The number of nitriles is 8. The fraction of sp³-hybridized carbons (Fsp3) is 0.150. The second kappa shape index (κ2) is 57.5. The van der Waals surface area contributed by atoms with E-state index in [1.807, 2.05) is 196 Å². The van der Waals surface area contributed by atoms with E-state index in [0.717, 1.165) is 115 Å². The van der Waals surface area contributed by atoms with E-state index in [1.165, 1.54) is 55.4 Å². The van der Waals surface area contributed by atoms with Gasteiger partial charge in [-0.1, -0.05) is 60.7 Å². The number of rotatable bonds is 11. The van der Waals surface area contributed by atoms with Gasteiger partial charge in [0.25, 0.3) is 0 Å². The number of nitrogens with zero attached hydrogens (tertiary/aromatic N) is 20. The van der Waals surface area contributed by atoms with E-state index < -0.39 is 46.9 Å². The SMILES string of the molecule is CC#N.CC#N.CC#N.CC#N.CC#N.CC#N.CC#N.CC#N.CCOCC.F[P-](F)(F)(F)(F)F.F[P-](F)(F)(F)(F)F.F[P-](F)(F)(F)(F)F.F[P-](F)(F)(F)(F)F.F[P-](F)(F)(F)(F)F.F[P-](F)(F)(F)(F)F.[Cr+3].[Cr+3].c1ccc(-c2cc(-c3cc(-c4ccccn4)nc(-c4ccccn4)c3)cc(-c3ccccn3)n2)nc1.c1ccc(-c2cccc(-c3ccccn3)n2)nc1.c1ccc(-c2cccc(-c3ccccn3)n2)nc1. The van der Waals surface area contributed by atoms with Crippen molar-refractivity contribution < 1.29 is 191 Å². The molecule has 145 heavy (non-hydrogen) atoms. The van der Waals surface area contributed by atoms with Crippen molar-refractivity contribution in [3.8, 4) is 151 Å². The molecule has 21 nitrogen and oxygen atoms in total. The van der Waals surface area contributed by atoms with Crippen molar-refractivity contribution >= 4 is 46.9 Å². The van der Waals surface area contributed by atoms with Crippen LogP contribution >= 0.6 is 46.9 Å². The maximum absolute atomic E-state index is 10.7. The summed E-state index contributed by atoms with van der Waals surface area (Å²) in [4.78, 5) is 54.3. The van der Waals surface area contributed by atoms with E-state index in [0.29, 0.717) is 0 Å². The molecule has 65 heteroatoms. The first-order valence-electron chi connectivity index (χ1n) is 36.9. The molecule has 0 bridgehead atoms. The second-order valence-electron chi connectivity index (χ2n) is 24.1. The summed E-state index contributed by atoms with van der Waals surface area (Å²) in [5.74, 6) is 0. The van der Waals surface area contributed by atoms with E-state index in [-0.39, 0.29) is 34.7 Å². The Bertz CT molecular complexity index is 5270. The van der Waals surface area contributed by atoms with Crippen LogP contribution in [0.3, 0.4) is 0 Å². The van der Waals surface area contributed by atoms with Crippen LogP contribution in [-0.4, -0.2) is 73.0 Å². The van der Waals surface area contributed by atoms with E-state index in [9.17, 15) is 151 Å². The van der Waals surface area contributed by atoms with Crippen molar-refractivity contribution in [2.75, 3.05) is 13.2 Å². The van der Waals surface area contributed by atoms with Gasteiger partial charge >= 0.3 is 233 Å².